The molecule has 8 heteroatoms. The molecule has 0 aliphatic heterocycles. The second kappa shape index (κ2) is 13.1. The Balaban J connectivity index is 1.52. The van der Waals surface area contributed by atoms with Crippen LogP contribution in [0.25, 0.3) is 22.2 Å². The molecule has 1 amide bonds. The maximum Gasteiger partial charge on any atom is 0.275 e. The van der Waals surface area contributed by atoms with Crippen molar-refractivity contribution >= 4 is 22.6 Å². The first-order valence-electron chi connectivity index (χ1n) is 13.6. The van der Waals surface area contributed by atoms with Gasteiger partial charge in [-0.15, -0.1) is 0 Å². The number of ketones is 1. The van der Waals surface area contributed by atoms with E-state index >= 15 is 0 Å². The van der Waals surface area contributed by atoms with Crippen molar-refractivity contribution in [1.82, 2.24) is 15.3 Å². The van der Waals surface area contributed by atoms with Crippen molar-refractivity contribution in [1.29, 1.82) is 0 Å². The highest BCUT2D eigenvalue weighted by Gasteiger charge is 2.25. The van der Waals surface area contributed by atoms with Gasteiger partial charge in [-0.1, -0.05) is 31.9 Å². The summed E-state index contributed by atoms with van der Waals surface area (Å²) in [5.74, 6) is 2.59. The Morgan fingerprint density at radius 3 is 2.62 bits per heavy atom. The first-order chi connectivity index (χ1) is 18.9. The van der Waals surface area contributed by atoms with Gasteiger partial charge < -0.3 is 19.8 Å². The lowest BCUT2D eigenvalue weighted by Gasteiger charge is -2.14. The van der Waals surface area contributed by atoms with Crippen LogP contribution in [0.15, 0.2) is 48.7 Å². The fourth-order valence-electron chi connectivity index (χ4n) is 5.00. The third kappa shape index (κ3) is 6.88. The van der Waals surface area contributed by atoms with Crippen molar-refractivity contribution in [2.75, 3.05) is 14.2 Å². The molecule has 0 saturated carbocycles. The summed E-state index contributed by atoms with van der Waals surface area (Å²) in [5.41, 5.74) is 4.73. The highest BCUT2D eigenvalue weighted by atomic mass is 16.5. The zero-order valence-corrected chi connectivity index (χ0v) is 23.3. The van der Waals surface area contributed by atoms with E-state index in [1.54, 1.807) is 14.2 Å². The largest absolute Gasteiger partial charge is 0.497 e. The van der Waals surface area contributed by atoms with Gasteiger partial charge in [0, 0.05) is 29.4 Å². The molecule has 4 N–H and O–H groups in total. The Labute approximate surface area is 229 Å². The quantitative estimate of drug-likeness (QED) is 0.183. The number of aromatic nitrogens is 3. The summed E-state index contributed by atoms with van der Waals surface area (Å²) in [7, 11) is 3.29. The van der Waals surface area contributed by atoms with Crippen LogP contribution in [-0.4, -0.2) is 35.9 Å². The van der Waals surface area contributed by atoms with Gasteiger partial charge in [-0.05, 0) is 55.7 Å². The standard InChI is InChI=1S/C31H38N4O4/c1-5-21(36)11-7-6-8-13-27(31-32-19-28(35-31)23-12-9-10-14-29(23)39-4)34-30(37)18-24-20(2)33-26-16-15-22(38-3)17-25(24)26/h9-10,12,14-17,19,27,33H,5-8,11,13,18H2,1-4H3,(H,32,35)(H,34,37)/p+1. The normalized spacial score (nSPS) is 11.9. The van der Waals surface area contributed by atoms with Crippen molar-refractivity contribution in [2.24, 2.45) is 0 Å². The number of rotatable bonds is 14. The summed E-state index contributed by atoms with van der Waals surface area (Å²) >= 11 is 0. The summed E-state index contributed by atoms with van der Waals surface area (Å²) in [6.45, 7) is 3.89. The highest BCUT2D eigenvalue weighted by molar-refractivity contribution is 5.91. The number of benzene rings is 2. The number of carbonyl (C=O) groups is 2. The number of hydrogen-bond acceptors (Lipinski definition) is 4. The minimum absolute atomic E-state index is 0.0603. The number of Topliss-reactive ketones (excluding diaryl/α,β-unsaturated/α-hetero) is 1. The Kier molecular flexibility index (Phi) is 9.41. The average molecular weight is 532 g/mol. The van der Waals surface area contributed by atoms with Gasteiger partial charge in [0.05, 0.1) is 26.2 Å². The predicted molar refractivity (Wildman–Crippen MR) is 152 cm³/mol. The number of ether oxygens (including phenoxy) is 2. The molecule has 0 radical (unpaired) electrons. The molecule has 0 aliphatic carbocycles. The molecule has 1 atom stereocenters. The number of fused-ring (bicyclic) bond motifs is 1. The SMILES string of the molecule is CCC(=O)CCCCCC(NC(=O)Cc1c(C)[nH]c2ccc(OC)cc12)c1[nH]c(-c2ccccc2OC)c[nH+]1. The molecule has 2 heterocycles. The summed E-state index contributed by atoms with van der Waals surface area (Å²) in [4.78, 5) is 35.3. The smallest absolute Gasteiger partial charge is 0.275 e. The first kappa shape index (κ1) is 28.0. The number of hydrogen-bond donors (Lipinski definition) is 3. The van der Waals surface area contributed by atoms with Crippen LogP contribution >= 0.6 is 0 Å². The summed E-state index contributed by atoms with van der Waals surface area (Å²) < 4.78 is 10.9. The molecular weight excluding hydrogens is 492 g/mol. The highest BCUT2D eigenvalue weighted by Crippen LogP contribution is 2.29. The monoisotopic (exact) mass is 531 g/mol. The minimum atomic E-state index is -0.233. The molecule has 1 unspecified atom stereocenters. The molecule has 2 aromatic carbocycles. The Bertz CT molecular complexity index is 1420. The van der Waals surface area contributed by atoms with E-state index in [4.69, 9.17) is 9.47 Å². The number of carbonyl (C=O) groups excluding carboxylic acids is 2. The zero-order valence-electron chi connectivity index (χ0n) is 23.3. The van der Waals surface area contributed by atoms with Crippen LogP contribution in [0.5, 0.6) is 11.5 Å². The molecule has 2 aromatic heterocycles. The van der Waals surface area contributed by atoms with Crippen LogP contribution in [0.1, 0.15) is 68.6 Å². The van der Waals surface area contributed by atoms with Crippen LogP contribution in [0.4, 0.5) is 0 Å². The van der Waals surface area contributed by atoms with Crippen molar-refractivity contribution in [2.45, 2.75) is 64.8 Å². The Morgan fingerprint density at radius 1 is 1.03 bits per heavy atom. The second-order valence-electron chi connectivity index (χ2n) is 9.87. The van der Waals surface area contributed by atoms with Crippen LogP contribution in [0, 0.1) is 6.92 Å². The van der Waals surface area contributed by atoms with E-state index in [1.165, 1.54) is 0 Å². The number of imidazole rings is 1. The van der Waals surface area contributed by atoms with E-state index in [-0.39, 0.29) is 18.4 Å². The third-order valence-electron chi connectivity index (χ3n) is 7.23. The number of amides is 1. The zero-order chi connectivity index (χ0) is 27.8. The molecule has 0 fully saturated rings. The van der Waals surface area contributed by atoms with Crippen molar-refractivity contribution in [3.63, 3.8) is 0 Å². The Hall–Kier alpha value is -4.07. The molecule has 4 aromatic rings. The van der Waals surface area contributed by atoms with E-state index in [0.29, 0.717) is 18.6 Å². The number of nitrogens with one attached hydrogen (secondary N) is 4. The number of H-pyrrole nitrogens is 3. The number of methoxy groups -OCH3 is 2. The summed E-state index contributed by atoms with van der Waals surface area (Å²) in [6, 6.07) is 13.4. The Morgan fingerprint density at radius 2 is 1.85 bits per heavy atom. The van der Waals surface area contributed by atoms with Gasteiger partial charge in [-0.2, -0.15) is 0 Å². The number of aryl methyl sites for hydroxylation is 1. The van der Waals surface area contributed by atoms with Crippen molar-refractivity contribution < 1.29 is 24.0 Å². The van der Waals surface area contributed by atoms with Crippen LogP contribution in [0.3, 0.4) is 0 Å². The maximum absolute atomic E-state index is 13.4. The van der Waals surface area contributed by atoms with E-state index in [1.807, 2.05) is 62.5 Å². The van der Waals surface area contributed by atoms with Gasteiger partial charge in [-0.3, -0.25) is 9.59 Å². The van der Waals surface area contributed by atoms with Crippen LogP contribution in [0.2, 0.25) is 0 Å². The van der Waals surface area contributed by atoms with Gasteiger partial charge in [-0.25, -0.2) is 9.97 Å². The minimum Gasteiger partial charge on any atom is -0.497 e. The molecular formula is C31H39N4O4+. The average Bonchev–Trinajstić information content (AvgIpc) is 3.56. The molecule has 0 saturated heterocycles. The number of para-hydroxylation sites is 1. The molecule has 8 nitrogen and oxygen atoms in total. The summed E-state index contributed by atoms with van der Waals surface area (Å²) in [5, 5.41) is 4.24. The molecule has 39 heavy (non-hydrogen) atoms. The second-order valence-corrected chi connectivity index (χ2v) is 9.87. The third-order valence-corrected chi connectivity index (χ3v) is 7.23. The molecule has 4 rings (SSSR count). The predicted octanol–water partition coefficient (Wildman–Crippen LogP) is 5.63. The van der Waals surface area contributed by atoms with Gasteiger partial charge in [0.1, 0.15) is 29.5 Å². The fraction of sp³-hybridized carbons (Fsp3) is 0.387. The molecule has 0 bridgehead atoms. The van der Waals surface area contributed by atoms with E-state index in [2.05, 4.69) is 20.3 Å². The van der Waals surface area contributed by atoms with Crippen molar-refractivity contribution in [3.05, 3.63) is 65.7 Å². The molecule has 206 valence electrons. The van der Waals surface area contributed by atoms with Gasteiger partial charge >= 0.3 is 0 Å². The lowest BCUT2D eigenvalue weighted by molar-refractivity contribution is -0.391. The van der Waals surface area contributed by atoms with Crippen LogP contribution in [-0.2, 0) is 16.0 Å². The molecule has 0 aliphatic rings. The number of unbranched alkanes of at least 4 members (excludes halogenated alkanes) is 2. The molecule has 0 spiro atoms. The maximum atomic E-state index is 13.4. The van der Waals surface area contributed by atoms with Gasteiger partial charge in [0.25, 0.3) is 5.82 Å². The van der Waals surface area contributed by atoms with E-state index in [9.17, 15) is 9.59 Å². The van der Waals surface area contributed by atoms with Crippen LogP contribution < -0.4 is 19.8 Å². The fourth-order valence-corrected chi connectivity index (χ4v) is 5.00. The van der Waals surface area contributed by atoms with E-state index < -0.39 is 0 Å². The van der Waals surface area contributed by atoms with Gasteiger partial charge in [0.15, 0.2) is 5.69 Å². The van der Waals surface area contributed by atoms with Gasteiger partial charge in [0.2, 0.25) is 5.91 Å². The van der Waals surface area contributed by atoms with Crippen molar-refractivity contribution in [3.8, 4) is 22.8 Å². The first-order valence-corrected chi connectivity index (χ1v) is 13.6. The number of aromatic amines is 3. The lowest BCUT2D eigenvalue weighted by Crippen LogP contribution is -2.33. The topological polar surface area (TPSA) is 110 Å². The summed E-state index contributed by atoms with van der Waals surface area (Å²) in [6.07, 6.45) is 6.79. The lowest BCUT2D eigenvalue weighted by atomic mass is 10.0. The van der Waals surface area contributed by atoms with E-state index in [0.717, 1.165) is 76.4 Å².